The highest BCUT2D eigenvalue weighted by Crippen LogP contribution is 2.55. The molecule has 0 aromatic carbocycles. The lowest BCUT2D eigenvalue weighted by molar-refractivity contribution is 0.249. The van der Waals surface area contributed by atoms with Crippen molar-refractivity contribution in [1.29, 1.82) is 5.26 Å². The first-order chi connectivity index (χ1) is 6.10. The molecule has 0 bridgehead atoms. The maximum atomic E-state index is 11.7. The van der Waals surface area contributed by atoms with Crippen LogP contribution in [-0.4, -0.2) is 17.5 Å². The Morgan fingerprint density at radius 1 is 1.54 bits per heavy atom. The number of nitriles is 1. The third-order valence-corrected chi connectivity index (χ3v) is 3.68. The first kappa shape index (κ1) is 13.3. The number of rotatable bonds is 6. The van der Waals surface area contributed by atoms with Crippen molar-refractivity contribution in [2.24, 2.45) is 0 Å². The van der Waals surface area contributed by atoms with Crippen LogP contribution in [0.15, 0.2) is 11.9 Å². The van der Waals surface area contributed by atoms with E-state index in [0.29, 0.717) is 5.33 Å². The summed E-state index contributed by atoms with van der Waals surface area (Å²) in [6, 6.07) is 1.66. The van der Waals surface area contributed by atoms with Gasteiger partial charge in [0.15, 0.2) is 0 Å². The Labute approximate surface area is 93.7 Å². The highest BCUT2D eigenvalue weighted by molar-refractivity contribution is 9.09. The van der Waals surface area contributed by atoms with E-state index in [0.717, 1.165) is 0 Å². The van der Waals surface area contributed by atoms with Gasteiger partial charge in [0.1, 0.15) is 16.9 Å². The summed E-state index contributed by atoms with van der Waals surface area (Å²) in [5.41, 5.74) is 0.0350. The molecule has 0 rings (SSSR count). The minimum absolute atomic E-state index is 0.0350. The summed E-state index contributed by atoms with van der Waals surface area (Å²) in [6.07, 6.45) is 0. The molecule has 0 aromatic heterocycles. The zero-order chi connectivity index (χ0) is 10.3. The molecule has 0 aliphatic carbocycles. The van der Waals surface area contributed by atoms with Gasteiger partial charge in [-0.25, -0.2) is 0 Å². The Morgan fingerprint density at radius 2 is 2.15 bits per heavy atom. The SMILES string of the molecule is C=C(C#N)P(=O)(OCBr)OCCBr. The average Bonchev–Trinajstić information content (AvgIpc) is 2.14. The minimum atomic E-state index is -3.46. The van der Waals surface area contributed by atoms with E-state index in [9.17, 15) is 4.57 Å². The van der Waals surface area contributed by atoms with Gasteiger partial charge in [0.25, 0.3) is 0 Å². The zero-order valence-corrected chi connectivity index (χ0v) is 10.8. The van der Waals surface area contributed by atoms with Crippen LogP contribution in [0.2, 0.25) is 0 Å². The Bertz CT molecular complexity index is 263. The van der Waals surface area contributed by atoms with Crippen molar-refractivity contribution in [1.82, 2.24) is 0 Å². The van der Waals surface area contributed by atoms with Gasteiger partial charge in [0.05, 0.1) is 6.61 Å². The molecule has 7 heteroatoms. The number of hydrogen-bond donors (Lipinski definition) is 0. The van der Waals surface area contributed by atoms with Crippen molar-refractivity contribution in [3.05, 3.63) is 11.9 Å². The van der Waals surface area contributed by atoms with Gasteiger partial charge < -0.3 is 4.52 Å². The maximum absolute atomic E-state index is 11.7. The van der Waals surface area contributed by atoms with Crippen LogP contribution >= 0.6 is 39.5 Å². The molecule has 1 unspecified atom stereocenters. The smallest absolute Gasteiger partial charge is 0.304 e. The van der Waals surface area contributed by atoms with Crippen LogP contribution in [0.25, 0.3) is 0 Å². The number of halogens is 2. The van der Waals surface area contributed by atoms with Crippen molar-refractivity contribution in [3.63, 3.8) is 0 Å². The van der Waals surface area contributed by atoms with Gasteiger partial charge in [0, 0.05) is 5.33 Å². The van der Waals surface area contributed by atoms with Gasteiger partial charge in [-0.15, -0.1) is 0 Å². The summed E-state index contributed by atoms with van der Waals surface area (Å²) in [7, 11) is -3.46. The van der Waals surface area contributed by atoms with Crippen LogP contribution in [0.3, 0.4) is 0 Å². The molecule has 0 saturated heterocycles. The number of alkyl halides is 2. The Balaban J connectivity index is 4.45. The predicted octanol–water partition coefficient (Wildman–Crippen LogP) is 3.00. The molecular weight excluding hydrogens is 325 g/mol. The maximum Gasteiger partial charge on any atom is 0.372 e. The summed E-state index contributed by atoms with van der Waals surface area (Å²) >= 11 is 6.04. The average molecular weight is 333 g/mol. The van der Waals surface area contributed by atoms with Crippen molar-refractivity contribution in [2.75, 3.05) is 17.5 Å². The molecule has 0 radical (unpaired) electrons. The molecule has 0 aliphatic rings. The monoisotopic (exact) mass is 331 g/mol. The lowest BCUT2D eigenvalue weighted by atomic mass is 10.7. The van der Waals surface area contributed by atoms with E-state index < -0.39 is 7.60 Å². The van der Waals surface area contributed by atoms with Crippen LogP contribution in [-0.2, 0) is 13.6 Å². The summed E-state index contributed by atoms with van der Waals surface area (Å²) in [4.78, 5) is 0. The molecule has 0 amide bonds. The fourth-order valence-corrected chi connectivity index (χ4v) is 2.66. The van der Waals surface area contributed by atoms with E-state index in [4.69, 9.17) is 14.3 Å². The van der Waals surface area contributed by atoms with Crippen LogP contribution in [0.5, 0.6) is 0 Å². The summed E-state index contributed by atoms with van der Waals surface area (Å²) < 4.78 is 21.4. The molecular formula is C6H8Br2NO3P. The Hall–Kier alpha value is 0.340. The van der Waals surface area contributed by atoms with Gasteiger partial charge in [-0.1, -0.05) is 38.4 Å². The van der Waals surface area contributed by atoms with Crippen LogP contribution in [0, 0.1) is 11.3 Å². The van der Waals surface area contributed by atoms with E-state index in [1.54, 1.807) is 6.07 Å². The third kappa shape index (κ3) is 4.39. The first-order valence-electron chi connectivity index (χ1n) is 3.21. The van der Waals surface area contributed by atoms with E-state index >= 15 is 0 Å². The van der Waals surface area contributed by atoms with Crippen LogP contribution in [0.1, 0.15) is 0 Å². The predicted molar refractivity (Wildman–Crippen MR) is 57.0 cm³/mol. The van der Waals surface area contributed by atoms with E-state index in [2.05, 4.69) is 38.4 Å². The normalized spacial score (nSPS) is 14.5. The van der Waals surface area contributed by atoms with Gasteiger partial charge >= 0.3 is 7.60 Å². The third-order valence-electron chi connectivity index (χ3n) is 1.02. The highest BCUT2D eigenvalue weighted by atomic mass is 79.9. The second-order valence-electron chi connectivity index (χ2n) is 1.82. The molecule has 74 valence electrons. The van der Waals surface area contributed by atoms with Gasteiger partial charge in [-0.05, 0) is 0 Å². The van der Waals surface area contributed by atoms with E-state index in [-0.39, 0.29) is 17.4 Å². The summed E-state index contributed by atoms with van der Waals surface area (Å²) in [6.45, 7) is 3.51. The lowest BCUT2D eigenvalue weighted by Crippen LogP contribution is -1.98. The number of nitrogens with zero attached hydrogens (tertiary/aromatic N) is 1. The van der Waals surface area contributed by atoms with Crippen molar-refractivity contribution in [3.8, 4) is 6.07 Å². The Kier molecular flexibility index (Phi) is 6.92. The van der Waals surface area contributed by atoms with Gasteiger partial charge in [-0.2, -0.15) is 5.26 Å². The molecule has 13 heavy (non-hydrogen) atoms. The largest absolute Gasteiger partial charge is 0.372 e. The number of allylic oxidation sites excluding steroid dienone is 1. The quantitative estimate of drug-likeness (QED) is 0.426. The van der Waals surface area contributed by atoms with Crippen LogP contribution < -0.4 is 0 Å². The molecule has 4 nitrogen and oxygen atoms in total. The van der Waals surface area contributed by atoms with Gasteiger partial charge in [0.2, 0.25) is 0 Å². The molecule has 1 atom stereocenters. The Morgan fingerprint density at radius 3 is 2.54 bits per heavy atom. The van der Waals surface area contributed by atoms with Crippen molar-refractivity contribution < 1.29 is 13.6 Å². The molecule has 0 aliphatic heterocycles. The molecule has 0 saturated carbocycles. The first-order valence-corrected chi connectivity index (χ1v) is 7.00. The fraction of sp³-hybridized carbons (Fsp3) is 0.500. The summed E-state index contributed by atoms with van der Waals surface area (Å²) in [5.74, 6) is 0. The van der Waals surface area contributed by atoms with Crippen molar-refractivity contribution >= 4 is 39.5 Å². The van der Waals surface area contributed by atoms with Crippen LogP contribution in [0.4, 0.5) is 0 Å². The topological polar surface area (TPSA) is 59.3 Å². The standard InChI is InChI=1S/C6H8Br2NO3P/c1-6(4-9)13(10,12-5-8)11-3-2-7/h1-3,5H2. The lowest BCUT2D eigenvalue weighted by Gasteiger charge is -2.14. The molecule has 0 spiro atoms. The second-order valence-corrected chi connectivity index (χ2v) is 5.12. The molecule has 0 fully saturated rings. The molecule has 0 heterocycles. The minimum Gasteiger partial charge on any atom is -0.304 e. The zero-order valence-electron chi connectivity index (χ0n) is 6.70. The summed E-state index contributed by atoms with van der Waals surface area (Å²) in [5, 5.41) is 8.82. The molecule has 0 aromatic rings. The van der Waals surface area contributed by atoms with E-state index in [1.807, 2.05) is 0 Å². The van der Waals surface area contributed by atoms with Gasteiger partial charge in [-0.3, -0.25) is 9.09 Å². The van der Waals surface area contributed by atoms with E-state index in [1.165, 1.54) is 0 Å². The second kappa shape index (κ2) is 6.74. The highest BCUT2D eigenvalue weighted by Gasteiger charge is 2.28. The van der Waals surface area contributed by atoms with Crippen molar-refractivity contribution in [2.45, 2.75) is 0 Å². The number of hydrogen-bond acceptors (Lipinski definition) is 4. The molecule has 0 N–H and O–H groups in total. The fourth-order valence-electron chi connectivity index (χ4n) is 0.473.